The molecule has 6 heteroatoms. The topological polar surface area (TPSA) is 67.5 Å². The lowest BCUT2D eigenvalue weighted by Gasteiger charge is -2.08. The Morgan fingerprint density at radius 1 is 1.47 bits per heavy atom. The van der Waals surface area contributed by atoms with Gasteiger partial charge in [0.1, 0.15) is 5.25 Å². The number of pyridine rings is 1. The van der Waals surface area contributed by atoms with Gasteiger partial charge in [0.25, 0.3) is 0 Å². The molecule has 1 saturated carbocycles. The van der Waals surface area contributed by atoms with Crippen LogP contribution in [0.4, 0.5) is 0 Å². The zero-order valence-corrected chi connectivity index (χ0v) is 9.80. The second-order valence-corrected chi connectivity index (χ2v) is 5.23. The predicted octanol–water partition coefficient (Wildman–Crippen LogP) is 1.68. The van der Waals surface area contributed by atoms with Gasteiger partial charge in [0, 0.05) is 6.20 Å². The van der Waals surface area contributed by atoms with Gasteiger partial charge in [0.2, 0.25) is 0 Å². The summed E-state index contributed by atoms with van der Waals surface area (Å²) < 4.78 is 1.82. The van der Waals surface area contributed by atoms with E-state index in [1.807, 2.05) is 28.8 Å². The first-order chi connectivity index (χ1) is 8.25. The summed E-state index contributed by atoms with van der Waals surface area (Å²) in [7, 11) is 0. The lowest BCUT2D eigenvalue weighted by molar-refractivity contribution is -0.136. The van der Waals surface area contributed by atoms with Gasteiger partial charge < -0.3 is 5.11 Å². The summed E-state index contributed by atoms with van der Waals surface area (Å²) in [6.07, 6.45) is 3.85. The van der Waals surface area contributed by atoms with Crippen molar-refractivity contribution in [1.82, 2.24) is 14.6 Å². The molecule has 0 aromatic carbocycles. The van der Waals surface area contributed by atoms with Crippen molar-refractivity contribution in [3.63, 3.8) is 0 Å². The summed E-state index contributed by atoms with van der Waals surface area (Å²) in [4.78, 5) is 11.2. The van der Waals surface area contributed by atoms with Crippen molar-refractivity contribution < 1.29 is 9.90 Å². The molecule has 0 spiro atoms. The fourth-order valence-corrected chi connectivity index (χ4v) is 2.91. The van der Waals surface area contributed by atoms with Crippen LogP contribution in [0.1, 0.15) is 12.8 Å². The smallest absolute Gasteiger partial charge is 0.317 e. The number of rotatable bonds is 4. The first-order valence-electron chi connectivity index (χ1n) is 5.45. The average Bonchev–Trinajstić information content (AvgIpc) is 3.07. The minimum atomic E-state index is -0.759. The zero-order chi connectivity index (χ0) is 11.8. The summed E-state index contributed by atoms with van der Waals surface area (Å²) in [6.45, 7) is 0. The fourth-order valence-electron chi connectivity index (χ4n) is 1.76. The van der Waals surface area contributed by atoms with Crippen molar-refractivity contribution in [2.45, 2.75) is 23.2 Å². The Morgan fingerprint density at radius 3 is 3.00 bits per heavy atom. The highest BCUT2D eigenvalue weighted by molar-refractivity contribution is 8.00. The molecule has 0 radical (unpaired) electrons. The number of hydrogen-bond donors (Lipinski definition) is 1. The molecule has 2 aromatic rings. The van der Waals surface area contributed by atoms with Crippen molar-refractivity contribution in [3.8, 4) is 0 Å². The van der Waals surface area contributed by atoms with Crippen molar-refractivity contribution in [2.24, 2.45) is 5.92 Å². The number of aliphatic carboxylic acids is 1. The maximum Gasteiger partial charge on any atom is 0.317 e. The Hall–Kier alpha value is -1.56. The van der Waals surface area contributed by atoms with E-state index in [4.69, 9.17) is 0 Å². The zero-order valence-electron chi connectivity index (χ0n) is 8.98. The van der Waals surface area contributed by atoms with Gasteiger partial charge in [-0.1, -0.05) is 17.8 Å². The highest BCUT2D eigenvalue weighted by Crippen LogP contribution is 2.41. The van der Waals surface area contributed by atoms with E-state index in [9.17, 15) is 9.90 Å². The maximum absolute atomic E-state index is 11.2. The molecule has 2 aromatic heterocycles. The minimum absolute atomic E-state index is 0.286. The van der Waals surface area contributed by atoms with Gasteiger partial charge in [0.15, 0.2) is 10.8 Å². The Bertz CT molecular complexity index is 565. The van der Waals surface area contributed by atoms with E-state index in [-0.39, 0.29) is 5.92 Å². The lowest BCUT2D eigenvalue weighted by Crippen LogP contribution is -2.18. The van der Waals surface area contributed by atoms with Crippen LogP contribution in [0.5, 0.6) is 0 Å². The maximum atomic E-state index is 11.2. The molecular weight excluding hydrogens is 238 g/mol. The number of thioether (sulfide) groups is 1. The summed E-state index contributed by atoms with van der Waals surface area (Å²) in [6, 6.07) is 5.62. The third-order valence-corrected chi connectivity index (χ3v) is 4.14. The number of aromatic nitrogens is 3. The number of fused-ring (bicyclic) bond motifs is 1. The molecule has 1 aliphatic rings. The molecule has 1 atom stereocenters. The van der Waals surface area contributed by atoms with Gasteiger partial charge in [-0.2, -0.15) is 0 Å². The Morgan fingerprint density at radius 2 is 2.29 bits per heavy atom. The van der Waals surface area contributed by atoms with Crippen molar-refractivity contribution >= 4 is 23.4 Å². The Kier molecular flexibility index (Phi) is 2.51. The molecule has 1 aliphatic carbocycles. The predicted molar refractivity (Wildman–Crippen MR) is 63.0 cm³/mol. The van der Waals surface area contributed by atoms with Gasteiger partial charge in [-0.15, -0.1) is 10.2 Å². The summed E-state index contributed by atoms with van der Waals surface area (Å²) in [5.74, 6) is -0.473. The van der Waals surface area contributed by atoms with E-state index < -0.39 is 11.2 Å². The molecule has 17 heavy (non-hydrogen) atoms. The number of nitrogens with zero attached hydrogens (tertiary/aromatic N) is 3. The van der Waals surface area contributed by atoms with Crippen molar-refractivity contribution in [1.29, 1.82) is 0 Å². The second-order valence-electron chi connectivity index (χ2n) is 4.13. The first-order valence-corrected chi connectivity index (χ1v) is 6.33. The van der Waals surface area contributed by atoms with E-state index in [1.54, 1.807) is 0 Å². The highest BCUT2D eigenvalue weighted by Gasteiger charge is 2.37. The molecule has 0 amide bonds. The van der Waals surface area contributed by atoms with Crippen LogP contribution in [0.3, 0.4) is 0 Å². The van der Waals surface area contributed by atoms with Crippen LogP contribution in [0.25, 0.3) is 5.65 Å². The summed E-state index contributed by atoms with van der Waals surface area (Å²) in [5, 5.41) is 17.5. The van der Waals surface area contributed by atoms with E-state index in [2.05, 4.69) is 10.2 Å². The molecule has 5 nitrogen and oxygen atoms in total. The van der Waals surface area contributed by atoms with E-state index in [0.717, 1.165) is 18.5 Å². The number of hydrogen-bond acceptors (Lipinski definition) is 4. The normalized spacial score (nSPS) is 17.2. The first kappa shape index (κ1) is 10.6. The number of carboxylic acids is 1. The van der Waals surface area contributed by atoms with Crippen LogP contribution in [0.15, 0.2) is 29.6 Å². The Labute approximate surface area is 102 Å². The number of carboxylic acid groups (broad SMARTS) is 1. The molecule has 1 unspecified atom stereocenters. The highest BCUT2D eigenvalue weighted by atomic mass is 32.2. The van der Waals surface area contributed by atoms with Crippen LogP contribution in [-0.2, 0) is 4.79 Å². The lowest BCUT2D eigenvalue weighted by atomic mass is 10.3. The summed E-state index contributed by atoms with van der Waals surface area (Å²) >= 11 is 1.29. The van der Waals surface area contributed by atoms with Crippen LogP contribution in [0.2, 0.25) is 0 Å². The van der Waals surface area contributed by atoms with Gasteiger partial charge in [-0.25, -0.2) is 0 Å². The van der Waals surface area contributed by atoms with Crippen LogP contribution < -0.4 is 0 Å². The molecular formula is C11H11N3O2S. The second kappa shape index (κ2) is 4.03. The van der Waals surface area contributed by atoms with Gasteiger partial charge in [-0.05, 0) is 30.9 Å². The molecule has 1 fully saturated rings. The van der Waals surface area contributed by atoms with Crippen molar-refractivity contribution in [2.75, 3.05) is 0 Å². The van der Waals surface area contributed by atoms with Gasteiger partial charge >= 0.3 is 5.97 Å². The third-order valence-electron chi connectivity index (χ3n) is 2.81. The van der Waals surface area contributed by atoms with Crippen LogP contribution >= 0.6 is 11.8 Å². The van der Waals surface area contributed by atoms with E-state index in [0.29, 0.717) is 5.16 Å². The number of carbonyl (C=O) groups is 1. The standard InChI is InChI=1S/C11H11N3O2S/c15-10(16)9(7-4-5-7)17-11-13-12-8-3-1-2-6-14(8)11/h1-3,6-7,9H,4-5H2,(H,15,16). The fraction of sp³-hybridized carbons (Fsp3) is 0.364. The minimum Gasteiger partial charge on any atom is -0.480 e. The van der Waals surface area contributed by atoms with Gasteiger partial charge in [0.05, 0.1) is 0 Å². The largest absolute Gasteiger partial charge is 0.480 e. The molecule has 0 saturated heterocycles. The van der Waals surface area contributed by atoms with Crippen molar-refractivity contribution in [3.05, 3.63) is 24.4 Å². The molecule has 0 bridgehead atoms. The molecule has 88 valence electrons. The third kappa shape index (κ3) is 2.00. The van der Waals surface area contributed by atoms with E-state index in [1.165, 1.54) is 11.8 Å². The molecule has 3 rings (SSSR count). The molecule has 2 heterocycles. The average molecular weight is 249 g/mol. The SMILES string of the molecule is O=C(O)C(Sc1nnc2ccccn12)C1CC1. The van der Waals surface area contributed by atoms with Crippen LogP contribution in [-0.4, -0.2) is 30.9 Å². The van der Waals surface area contributed by atoms with Crippen LogP contribution in [0, 0.1) is 5.92 Å². The van der Waals surface area contributed by atoms with Gasteiger partial charge in [-0.3, -0.25) is 9.20 Å². The Balaban J connectivity index is 1.90. The molecule has 0 aliphatic heterocycles. The quantitative estimate of drug-likeness (QED) is 0.835. The summed E-state index contributed by atoms with van der Waals surface area (Å²) in [5.41, 5.74) is 0.745. The van der Waals surface area contributed by atoms with E-state index >= 15 is 0 Å². The molecule has 1 N–H and O–H groups in total. The monoisotopic (exact) mass is 249 g/mol.